The monoisotopic (exact) mass is 437 g/mol. The number of aromatic nitrogens is 3. The highest BCUT2D eigenvalue weighted by molar-refractivity contribution is 7.99. The maximum atomic E-state index is 12.4. The van der Waals surface area contributed by atoms with Crippen LogP contribution in [-0.4, -0.2) is 33.5 Å². The standard InChI is InChI=1S/C22H23N5O3S/c1-4-27-21(15(2)30-18-11-9-17(29-3)10-12-18)25-26-22(27)31-14-20(28)24-19-8-6-5-7-16(19)13-23/h5-12,15H,4,14H2,1-3H3,(H,24,28). The smallest absolute Gasteiger partial charge is 0.234 e. The van der Waals surface area contributed by atoms with Crippen LogP contribution in [0.1, 0.15) is 31.3 Å². The van der Waals surface area contributed by atoms with Crippen LogP contribution in [0.5, 0.6) is 11.5 Å². The van der Waals surface area contributed by atoms with Gasteiger partial charge in [-0.3, -0.25) is 4.79 Å². The number of hydrogen-bond acceptors (Lipinski definition) is 7. The molecule has 0 aliphatic carbocycles. The number of anilines is 1. The van der Waals surface area contributed by atoms with E-state index in [-0.39, 0.29) is 17.8 Å². The summed E-state index contributed by atoms with van der Waals surface area (Å²) in [7, 11) is 1.62. The minimum absolute atomic E-state index is 0.144. The number of amides is 1. The maximum absolute atomic E-state index is 12.4. The molecule has 1 atom stereocenters. The van der Waals surface area contributed by atoms with Crippen molar-refractivity contribution in [1.82, 2.24) is 14.8 Å². The SMILES string of the molecule is CCn1c(SCC(=O)Nc2ccccc2C#N)nnc1C(C)Oc1ccc(OC)cc1. The third-order valence-corrected chi connectivity index (χ3v) is 5.42. The molecule has 1 aromatic heterocycles. The lowest BCUT2D eigenvalue weighted by molar-refractivity contribution is -0.113. The van der Waals surface area contributed by atoms with Crippen LogP contribution in [-0.2, 0) is 11.3 Å². The Morgan fingerprint density at radius 1 is 1.19 bits per heavy atom. The number of nitrogens with one attached hydrogen (secondary N) is 1. The fraction of sp³-hybridized carbons (Fsp3) is 0.273. The van der Waals surface area contributed by atoms with Crippen LogP contribution in [0.15, 0.2) is 53.7 Å². The Morgan fingerprint density at radius 2 is 1.90 bits per heavy atom. The van der Waals surface area contributed by atoms with Crippen LogP contribution in [0.25, 0.3) is 0 Å². The minimum Gasteiger partial charge on any atom is -0.497 e. The van der Waals surface area contributed by atoms with E-state index < -0.39 is 0 Å². The lowest BCUT2D eigenvalue weighted by Crippen LogP contribution is -2.16. The van der Waals surface area contributed by atoms with Gasteiger partial charge in [0.2, 0.25) is 5.91 Å². The Bertz CT molecular complexity index is 1080. The first-order chi connectivity index (χ1) is 15.0. The summed E-state index contributed by atoms with van der Waals surface area (Å²) in [5.41, 5.74) is 0.916. The zero-order valence-electron chi connectivity index (χ0n) is 17.5. The van der Waals surface area contributed by atoms with Crippen LogP contribution >= 0.6 is 11.8 Å². The highest BCUT2D eigenvalue weighted by atomic mass is 32.2. The Hall–Kier alpha value is -3.51. The second-order valence-corrected chi connectivity index (χ2v) is 7.46. The predicted octanol–water partition coefficient (Wildman–Crippen LogP) is 4.05. The number of methoxy groups -OCH3 is 1. The van der Waals surface area contributed by atoms with E-state index in [4.69, 9.17) is 14.7 Å². The largest absolute Gasteiger partial charge is 0.497 e. The van der Waals surface area contributed by atoms with Gasteiger partial charge in [-0.05, 0) is 50.2 Å². The summed E-state index contributed by atoms with van der Waals surface area (Å²) in [6.45, 7) is 4.53. The predicted molar refractivity (Wildman–Crippen MR) is 118 cm³/mol. The molecule has 0 saturated heterocycles. The molecule has 0 radical (unpaired) electrons. The number of ether oxygens (including phenoxy) is 2. The van der Waals surface area contributed by atoms with E-state index in [1.807, 2.05) is 42.7 Å². The lowest BCUT2D eigenvalue weighted by Gasteiger charge is -2.16. The maximum Gasteiger partial charge on any atom is 0.234 e. The molecule has 8 nitrogen and oxygen atoms in total. The van der Waals surface area contributed by atoms with Crippen molar-refractivity contribution < 1.29 is 14.3 Å². The van der Waals surface area contributed by atoms with Crippen LogP contribution in [0, 0.1) is 11.3 Å². The van der Waals surface area contributed by atoms with Crippen molar-refractivity contribution in [2.24, 2.45) is 0 Å². The molecule has 3 rings (SSSR count). The number of rotatable bonds is 9. The van der Waals surface area contributed by atoms with Crippen LogP contribution in [0.4, 0.5) is 5.69 Å². The average Bonchev–Trinajstić information content (AvgIpc) is 3.21. The zero-order valence-corrected chi connectivity index (χ0v) is 18.3. The number of hydrogen-bond donors (Lipinski definition) is 1. The number of para-hydroxylation sites is 1. The molecule has 0 fully saturated rings. The van der Waals surface area contributed by atoms with Gasteiger partial charge in [-0.25, -0.2) is 0 Å². The molecular formula is C22H23N5O3S. The van der Waals surface area contributed by atoms with Crippen LogP contribution < -0.4 is 14.8 Å². The first-order valence-electron chi connectivity index (χ1n) is 9.71. The van der Waals surface area contributed by atoms with Crippen LogP contribution in [0.2, 0.25) is 0 Å². The molecule has 2 aromatic carbocycles. The number of thioether (sulfide) groups is 1. The molecule has 160 valence electrons. The zero-order chi connectivity index (χ0) is 22.2. The fourth-order valence-corrected chi connectivity index (χ4v) is 3.73. The van der Waals surface area contributed by atoms with Gasteiger partial charge in [-0.1, -0.05) is 23.9 Å². The summed E-state index contributed by atoms with van der Waals surface area (Å²) in [5.74, 6) is 2.05. The quantitative estimate of drug-likeness (QED) is 0.504. The van der Waals surface area contributed by atoms with Crippen LogP contribution in [0.3, 0.4) is 0 Å². The van der Waals surface area contributed by atoms with Crippen molar-refractivity contribution in [3.05, 3.63) is 59.9 Å². The van der Waals surface area contributed by atoms with Gasteiger partial charge in [0.25, 0.3) is 0 Å². The molecule has 3 aromatic rings. The van der Waals surface area contributed by atoms with E-state index in [0.29, 0.717) is 34.5 Å². The summed E-state index contributed by atoms with van der Waals surface area (Å²) in [4.78, 5) is 12.4. The summed E-state index contributed by atoms with van der Waals surface area (Å²) in [5, 5.41) is 21.1. The summed E-state index contributed by atoms with van der Waals surface area (Å²) in [6.07, 6.45) is -0.327. The second kappa shape index (κ2) is 10.5. The van der Waals surface area contributed by atoms with Gasteiger partial charge < -0.3 is 19.4 Å². The Morgan fingerprint density at radius 3 is 2.58 bits per heavy atom. The molecule has 1 amide bonds. The first-order valence-corrected chi connectivity index (χ1v) is 10.7. The molecule has 0 aliphatic heterocycles. The molecule has 31 heavy (non-hydrogen) atoms. The molecule has 1 N–H and O–H groups in total. The third kappa shape index (κ3) is 5.55. The highest BCUT2D eigenvalue weighted by Crippen LogP contribution is 2.26. The van der Waals surface area contributed by atoms with Gasteiger partial charge in [0, 0.05) is 6.54 Å². The summed E-state index contributed by atoms with van der Waals surface area (Å²) < 4.78 is 13.1. The summed E-state index contributed by atoms with van der Waals surface area (Å²) >= 11 is 1.28. The Kier molecular flexibility index (Phi) is 7.51. The van der Waals surface area contributed by atoms with E-state index in [9.17, 15) is 4.79 Å². The van der Waals surface area contributed by atoms with Gasteiger partial charge in [-0.2, -0.15) is 5.26 Å². The highest BCUT2D eigenvalue weighted by Gasteiger charge is 2.19. The van der Waals surface area contributed by atoms with Gasteiger partial charge in [0.05, 0.1) is 24.1 Å². The van der Waals surface area contributed by atoms with Gasteiger partial charge in [0.1, 0.15) is 17.6 Å². The van der Waals surface area contributed by atoms with Crippen molar-refractivity contribution in [1.29, 1.82) is 5.26 Å². The van der Waals surface area contributed by atoms with Gasteiger partial charge in [-0.15, -0.1) is 10.2 Å². The minimum atomic E-state index is -0.327. The van der Waals surface area contributed by atoms with Crippen molar-refractivity contribution in [3.63, 3.8) is 0 Å². The van der Waals surface area contributed by atoms with E-state index in [1.54, 1.807) is 31.4 Å². The van der Waals surface area contributed by atoms with E-state index in [2.05, 4.69) is 21.6 Å². The summed E-state index contributed by atoms with van der Waals surface area (Å²) in [6, 6.07) is 16.3. The van der Waals surface area contributed by atoms with Crippen molar-refractivity contribution in [2.75, 3.05) is 18.2 Å². The number of nitrogens with zero attached hydrogens (tertiary/aromatic N) is 4. The molecule has 0 spiro atoms. The number of nitriles is 1. The average molecular weight is 438 g/mol. The number of carbonyl (C=O) groups excluding carboxylic acids is 1. The third-order valence-electron chi connectivity index (χ3n) is 4.45. The Balaban J connectivity index is 1.63. The molecule has 1 unspecified atom stereocenters. The van der Waals surface area contributed by atoms with Gasteiger partial charge in [0.15, 0.2) is 17.1 Å². The number of benzene rings is 2. The van der Waals surface area contributed by atoms with Crippen molar-refractivity contribution in [2.45, 2.75) is 31.7 Å². The topological polar surface area (TPSA) is 102 Å². The van der Waals surface area contributed by atoms with E-state index in [0.717, 1.165) is 5.75 Å². The molecule has 9 heteroatoms. The molecular weight excluding hydrogens is 414 g/mol. The van der Waals surface area contributed by atoms with Crippen molar-refractivity contribution in [3.8, 4) is 17.6 Å². The second-order valence-electron chi connectivity index (χ2n) is 6.51. The van der Waals surface area contributed by atoms with E-state index in [1.165, 1.54) is 11.8 Å². The molecule has 0 saturated carbocycles. The first kappa shape index (κ1) is 22.2. The Labute approximate surface area is 185 Å². The molecule has 0 bridgehead atoms. The molecule has 0 aliphatic rings. The fourth-order valence-electron chi connectivity index (χ4n) is 2.92. The normalized spacial score (nSPS) is 11.4. The lowest BCUT2D eigenvalue weighted by atomic mass is 10.2. The van der Waals surface area contributed by atoms with Gasteiger partial charge >= 0.3 is 0 Å². The van der Waals surface area contributed by atoms with E-state index >= 15 is 0 Å². The van der Waals surface area contributed by atoms with Crippen molar-refractivity contribution >= 4 is 23.4 Å². The number of carbonyl (C=O) groups is 1. The molecule has 1 heterocycles.